The van der Waals surface area contributed by atoms with Gasteiger partial charge in [-0.2, -0.15) is 0 Å². The topological polar surface area (TPSA) is 29.5 Å². The maximum Gasteiger partial charge on any atom is 0.251 e. The third-order valence-corrected chi connectivity index (χ3v) is 2.06. The highest BCUT2D eigenvalue weighted by molar-refractivity contribution is 5.80. The number of likely N-dealkylation sites (N-methyl/N-ethyl adjacent to an activating group) is 1. The van der Waals surface area contributed by atoms with E-state index in [1.807, 2.05) is 14.0 Å². The molecule has 0 saturated carbocycles. The minimum absolute atomic E-state index is 0.130. The standard InChI is InChI=1S/C8H15NO2/c1-3-9(2)8(10)7-5-4-6-11-7/h7H,3-6H2,1-2H3/t7-/m0/s1. The Hall–Kier alpha value is -0.570. The summed E-state index contributed by atoms with van der Waals surface area (Å²) in [4.78, 5) is 13.1. The smallest absolute Gasteiger partial charge is 0.251 e. The first-order valence-corrected chi connectivity index (χ1v) is 4.12. The zero-order valence-corrected chi connectivity index (χ0v) is 7.17. The van der Waals surface area contributed by atoms with Crippen molar-refractivity contribution in [2.24, 2.45) is 0 Å². The van der Waals surface area contributed by atoms with Crippen LogP contribution in [0, 0.1) is 0 Å². The number of rotatable bonds is 2. The maximum absolute atomic E-state index is 11.4. The Balaban J connectivity index is 2.39. The molecule has 0 bridgehead atoms. The molecule has 0 unspecified atom stereocenters. The van der Waals surface area contributed by atoms with E-state index in [4.69, 9.17) is 4.74 Å². The van der Waals surface area contributed by atoms with Crippen LogP contribution in [0.3, 0.4) is 0 Å². The SMILES string of the molecule is CCN(C)C(=O)[C@@H]1CCCO1. The van der Waals surface area contributed by atoms with Crippen molar-refractivity contribution in [3.8, 4) is 0 Å². The van der Waals surface area contributed by atoms with E-state index in [9.17, 15) is 4.79 Å². The number of amides is 1. The molecule has 0 radical (unpaired) electrons. The molecule has 1 amide bonds. The minimum atomic E-state index is -0.153. The van der Waals surface area contributed by atoms with Crippen LogP contribution < -0.4 is 0 Å². The molecule has 0 aromatic rings. The van der Waals surface area contributed by atoms with Gasteiger partial charge in [-0.15, -0.1) is 0 Å². The summed E-state index contributed by atoms with van der Waals surface area (Å²) in [6, 6.07) is 0. The lowest BCUT2D eigenvalue weighted by Gasteiger charge is -2.18. The summed E-state index contributed by atoms with van der Waals surface area (Å²) in [7, 11) is 1.81. The van der Waals surface area contributed by atoms with Crippen molar-refractivity contribution < 1.29 is 9.53 Å². The first kappa shape index (κ1) is 8.53. The van der Waals surface area contributed by atoms with Crippen molar-refractivity contribution >= 4 is 5.91 Å². The summed E-state index contributed by atoms with van der Waals surface area (Å²) in [5.41, 5.74) is 0. The van der Waals surface area contributed by atoms with Crippen LogP contribution in [0.4, 0.5) is 0 Å². The van der Waals surface area contributed by atoms with E-state index in [2.05, 4.69) is 0 Å². The molecule has 1 aliphatic heterocycles. The largest absolute Gasteiger partial charge is 0.368 e. The minimum Gasteiger partial charge on any atom is -0.368 e. The molecule has 0 spiro atoms. The van der Waals surface area contributed by atoms with E-state index in [1.54, 1.807) is 4.90 Å². The molecule has 1 heterocycles. The molecule has 1 saturated heterocycles. The second-order valence-electron chi connectivity index (χ2n) is 2.85. The molecule has 0 aromatic carbocycles. The third-order valence-electron chi connectivity index (χ3n) is 2.06. The summed E-state index contributed by atoms with van der Waals surface area (Å²) in [5, 5.41) is 0. The molecular formula is C8H15NO2. The molecule has 0 aromatic heterocycles. The van der Waals surface area contributed by atoms with Gasteiger partial charge in [0.25, 0.3) is 5.91 Å². The van der Waals surface area contributed by atoms with Crippen LogP contribution in [0.25, 0.3) is 0 Å². The number of hydrogen-bond acceptors (Lipinski definition) is 2. The lowest BCUT2D eigenvalue weighted by atomic mass is 10.2. The zero-order chi connectivity index (χ0) is 8.27. The molecule has 0 N–H and O–H groups in total. The lowest BCUT2D eigenvalue weighted by molar-refractivity contribution is -0.139. The highest BCUT2D eigenvalue weighted by atomic mass is 16.5. The van der Waals surface area contributed by atoms with Crippen LogP contribution in [0.1, 0.15) is 19.8 Å². The fourth-order valence-electron chi connectivity index (χ4n) is 1.17. The molecule has 1 atom stereocenters. The summed E-state index contributed by atoms with van der Waals surface area (Å²) in [6.45, 7) is 3.47. The molecule has 1 rings (SSSR count). The summed E-state index contributed by atoms with van der Waals surface area (Å²) < 4.78 is 5.25. The molecule has 64 valence electrons. The van der Waals surface area contributed by atoms with Gasteiger partial charge in [-0.3, -0.25) is 4.79 Å². The first-order chi connectivity index (χ1) is 5.25. The Morgan fingerprint density at radius 1 is 1.73 bits per heavy atom. The summed E-state index contributed by atoms with van der Waals surface area (Å²) in [6.07, 6.45) is 1.76. The van der Waals surface area contributed by atoms with Gasteiger partial charge in [0, 0.05) is 20.2 Å². The van der Waals surface area contributed by atoms with Crippen molar-refractivity contribution in [2.45, 2.75) is 25.9 Å². The Morgan fingerprint density at radius 3 is 2.91 bits per heavy atom. The van der Waals surface area contributed by atoms with Crippen molar-refractivity contribution in [2.75, 3.05) is 20.2 Å². The fraction of sp³-hybridized carbons (Fsp3) is 0.875. The van der Waals surface area contributed by atoms with Crippen LogP contribution in [0.5, 0.6) is 0 Å². The fourth-order valence-corrected chi connectivity index (χ4v) is 1.17. The van der Waals surface area contributed by atoms with Crippen LogP contribution in [-0.2, 0) is 9.53 Å². The van der Waals surface area contributed by atoms with E-state index in [1.165, 1.54) is 0 Å². The number of hydrogen-bond donors (Lipinski definition) is 0. The number of nitrogens with zero attached hydrogens (tertiary/aromatic N) is 1. The predicted octanol–water partition coefficient (Wildman–Crippen LogP) is 0.644. The number of ether oxygens (including phenoxy) is 1. The maximum atomic E-state index is 11.4. The summed E-state index contributed by atoms with van der Waals surface area (Å²) >= 11 is 0. The molecule has 11 heavy (non-hydrogen) atoms. The van der Waals surface area contributed by atoms with Gasteiger partial charge in [0.05, 0.1) is 0 Å². The summed E-state index contributed by atoms with van der Waals surface area (Å²) in [5.74, 6) is 0.130. The van der Waals surface area contributed by atoms with Crippen molar-refractivity contribution in [3.63, 3.8) is 0 Å². The van der Waals surface area contributed by atoms with Crippen molar-refractivity contribution in [3.05, 3.63) is 0 Å². The van der Waals surface area contributed by atoms with Crippen LogP contribution in [0.15, 0.2) is 0 Å². The highest BCUT2D eigenvalue weighted by Crippen LogP contribution is 2.13. The normalized spacial score (nSPS) is 23.6. The predicted molar refractivity (Wildman–Crippen MR) is 42.3 cm³/mol. The molecule has 3 nitrogen and oxygen atoms in total. The Kier molecular flexibility index (Phi) is 2.88. The Bertz CT molecular complexity index is 141. The quantitative estimate of drug-likeness (QED) is 0.589. The molecule has 1 fully saturated rings. The highest BCUT2D eigenvalue weighted by Gasteiger charge is 2.25. The Morgan fingerprint density at radius 2 is 2.45 bits per heavy atom. The van der Waals surface area contributed by atoms with Gasteiger partial charge in [0.2, 0.25) is 0 Å². The van der Waals surface area contributed by atoms with E-state index >= 15 is 0 Å². The van der Waals surface area contributed by atoms with E-state index in [-0.39, 0.29) is 12.0 Å². The van der Waals surface area contributed by atoms with Gasteiger partial charge in [-0.25, -0.2) is 0 Å². The molecule has 0 aliphatic carbocycles. The average Bonchev–Trinajstić information content (AvgIpc) is 2.53. The van der Waals surface area contributed by atoms with Gasteiger partial charge < -0.3 is 9.64 Å². The molecular weight excluding hydrogens is 142 g/mol. The van der Waals surface area contributed by atoms with Crippen LogP contribution in [0.2, 0.25) is 0 Å². The van der Waals surface area contributed by atoms with Gasteiger partial charge >= 0.3 is 0 Å². The second-order valence-corrected chi connectivity index (χ2v) is 2.85. The van der Waals surface area contributed by atoms with E-state index < -0.39 is 0 Å². The first-order valence-electron chi connectivity index (χ1n) is 4.12. The van der Waals surface area contributed by atoms with Gasteiger partial charge in [-0.05, 0) is 19.8 Å². The van der Waals surface area contributed by atoms with Gasteiger partial charge in [0.15, 0.2) is 0 Å². The second kappa shape index (κ2) is 3.72. The zero-order valence-electron chi connectivity index (χ0n) is 7.17. The number of carbonyl (C=O) groups excluding carboxylic acids is 1. The van der Waals surface area contributed by atoms with E-state index in [0.717, 1.165) is 26.0 Å². The molecule has 1 aliphatic rings. The monoisotopic (exact) mass is 157 g/mol. The van der Waals surface area contributed by atoms with E-state index in [0.29, 0.717) is 0 Å². The molecule has 3 heteroatoms. The van der Waals surface area contributed by atoms with Crippen LogP contribution in [-0.4, -0.2) is 37.1 Å². The average molecular weight is 157 g/mol. The van der Waals surface area contributed by atoms with Crippen molar-refractivity contribution in [1.82, 2.24) is 4.90 Å². The number of carbonyl (C=O) groups is 1. The third kappa shape index (κ3) is 1.93. The van der Waals surface area contributed by atoms with Gasteiger partial charge in [-0.1, -0.05) is 0 Å². The van der Waals surface area contributed by atoms with Gasteiger partial charge in [0.1, 0.15) is 6.10 Å². The van der Waals surface area contributed by atoms with Crippen molar-refractivity contribution in [1.29, 1.82) is 0 Å². The lowest BCUT2D eigenvalue weighted by Crippen LogP contribution is -2.35. The Labute approximate surface area is 67.3 Å². The van der Waals surface area contributed by atoms with Crippen LogP contribution >= 0.6 is 0 Å².